The van der Waals surface area contributed by atoms with Crippen LogP contribution in [0.2, 0.25) is 0 Å². The minimum Gasteiger partial charge on any atom is -0.508 e. The summed E-state index contributed by atoms with van der Waals surface area (Å²) in [6, 6.07) is 17.6. The van der Waals surface area contributed by atoms with Crippen LogP contribution in [0.4, 0.5) is 0 Å². The van der Waals surface area contributed by atoms with E-state index < -0.39 is 0 Å². The second kappa shape index (κ2) is 5.72. The SMILES string of the molecule is Cl.Oc1ccc(Cc2nccc3ccccc23)cc1. The van der Waals surface area contributed by atoms with Gasteiger partial charge in [-0.2, -0.15) is 0 Å². The number of aromatic hydroxyl groups is 1. The van der Waals surface area contributed by atoms with Gasteiger partial charge in [-0.1, -0.05) is 36.4 Å². The van der Waals surface area contributed by atoms with Crippen LogP contribution < -0.4 is 0 Å². The van der Waals surface area contributed by atoms with Gasteiger partial charge in [0.05, 0.1) is 5.69 Å². The molecule has 1 heterocycles. The summed E-state index contributed by atoms with van der Waals surface area (Å²) in [5.41, 5.74) is 2.22. The summed E-state index contributed by atoms with van der Waals surface area (Å²) < 4.78 is 0. The van der Waals surface area contributed by atoms with E-state index in [2.05, 4.69) is 17.1 Å². The average molecular weight is 272 g/mol. The zero-order chi connectivity index (χ0) is 12.4. The first-order chi connectivity index (χ1) is 8.83. The molecular weight excluding hydrogens is 258 g/mol. The van der Waals surface area contributed by atoms with E-state index in [0.717, 1.165) is 17.7 Å². The van der Waals surface area contributed by atoms with Crippen LogP contribution >= 0.6 is 12.4 Å². The lowest BCUT2D eigenvalue weighted by Gasteiger charge is -2.05. The number of hydrogen-bond donors (Lipinski definition) is 1. The molecule has 0 fully saturated rings. The highest BCUT2D eigenvalue weighted by atomic mass is 35.5. The van der Waals surface area contributed by atoms with Crippen LogP contribution in [0.1, 0.15) is 11.3 Å². The maximum Gasteiger partial charge on any atom is 0.115 e. The highest BCUT2D eigenvalue weighted by Gasteiger charge is 2.03. The molecule has 0 aliphatic rings. The molecule has 0 atom stereocenters. The van der Waals surface area contributed by atoms with E-state index in [9.17, 15) is 5.11 Å². The number of benzene rings is 2. The van der Waals surface area contributed by atoms with Gasteiger partial charge >= 0.3 is 0 Å². The van der Waals surface area contributed by atoms with E-state index in [-0.39, 0.29) is 12.4 Å². The molecule has 0 spiro atoms. The number of pyridine rings is 1. The molecule has 2 nitrogen and oxygen atoms in total. The third kappa shape index (κ3) is 2.85. The first-order valence-corrected chi connectivity index (χ1v) is 5.93. The van der Waals surface area contributed by atoms with Crippen molar-refractivity contribution < 1.29 is 5.11 Å². The van der Waals surface area contributed by atoms with Crippen LogP contribution in [0.25, 0.3) is 10.8 Å². The minimum atomic E-state index is 0. The van der Waals surface area contributed by atoms with Gasteiger partial charge in [0, 0.05) is 18.0 Å². The maximum absolute atomic E-state index is 9.28. The van der Waals surface area contributed by atoms with Crippen LogP contribution in [0, 0.1) is 0 Å². The molecule has 0 saturated carbocycles. The molecule has 3 heteroatoms. The summed E-state index contributed by atoms with van der Waals surface area (Å²) >= 11 is 0. The normalized spacial score (nSPS) is 10.1. The fourth-order valence-corrected chi connectivity index (χ4v) is 2.13. The molecule has 0 aliphatic heterocycles. The van der Waals surface area contributed by atoms with Crippen molar-refractivity contribution in [2.45, 2.75) is 6.42 Å². The monoisotopic (exact) mass is 271 g/mol. The summed E-state index contributed by atoms with van der Waals surface area (Å²) in [6.45, 7) is 0. The number of halogens is 1. The van der Waals surface area contributed by atoms with E-state index in [1.807, 2.05) is 36.5 Å². The third-order valence-electron chi connectivity index (χ3n) is 3.06. The van der Waals surface area contributed by atoms with Gasteiger partial charge in [-0.15, -0.1) is 12.4 Å². The molecule has 0 amide bonds. The number of nitrogens with zero attached hydrogens (tertiary/aromatic N) is 1. The topological polar surface area (TPSA) is 33.1 Å². The second-order valence-corrected chi connectivity index (χ2v) is 4.32. The lowest BCUT2D eigenvalue weighted by atomic mass is 10.0. The third-order valence-corrected chi connectivity index (χ3v) is 3.06. The molecule has 0 radical (unpaired) electrons. The molecule has 96 valence electrons. The van der Waals surface area contributed by atoms with Crippen molar-refractivity contribution >= 4 is 23.2 Å². The quantitative estimate of drug-likeness (QED) is 0.765. The number of rotatable bonds is 2. The van der Waals surface area contributed by atoms with E-state index in [1.165, 1.54) is 10.8 Å². The van der Waals surface area contributed by atoms with E-state index in [4.69, 9.17) is 0 Å². The molecule has 3 rings (SSSR count). The number of phenols is 1. The Morgan fingerprint density at radius 1 is 0.895 bits per heavy atom. The Morgan fingerprint density at radius 3 is 2.42 bits per heavy atom. The van der Waals surface area contributed by atoms with Crippen molar-refractivity contribution in [2.75, 3.05) is 0 Å². The number of phenolic OH excluding ortho intramolecular Hbond substituents is 1. The Bertz CT molecular complexity index is 674. The van der Waals surface area contributed by atoms with E-state index >= 15 is 0 Å². The fraction of sp³-hybridized carbons (Fsp3) is 0.0625. The molecule has 3 aromatic rings. The van der Waals surface area contributed by atoms with Crippen molar-refractivity contribution in [3.8, 4) is 5.75 Å². The standard InChI is InChI=1S/C16H13NO.ClH/c18-14-7-5-12(6-8-14)11-16-15-4-2-1-3-13(15)9-10-17-16;/h1-10,18H,11H2;1H. The van der Waals surface area contributed by atoms with E-state index in [1.54, 1.807) is 12.1 Å². The second-order valence-electron chi connectivity index (χ2n) is 4.32. The van der Waals surface area contributed by atoms with Crippen molar-refractivity contribution in [1.82, 2.24) is 4.98 Å². The van der Waals surface area contributed by atoms with Gasteiger partial charge in [-0.25, -0.2) is 0 Å². The molecule has 19 heavy (non-hydrogen) atoms. The number of fused-ring (bicyclic) bond motifs is 1. The van der Waals surface area contributed by atoms with Gasteiger partial charge < -0.3 is 5.11 Å². The molecule has 0 saturated heterocycles. The summed E-state index contributed by atoms with van der Waals surface area (Å²) in [5, 5.41) is 11.7. The number of aromatic nitrogens is 1. The van der Waals surface area contributed by atoms with Crippen molar-refractivity contribution in [1.29, 1.82) is 0 Å². The van der Waals surface area contributed by atoms with Crippen LogP contribution in [0.15, 0.2) is 60.8 Å². The summed E-state index contributed by atoms with van der Waals surface area (Å²) in [5.74, 6) is 0.296. The van der Waals surface area contributed by atoms with Crippen molar-refractivity contribution in [3.63, 3.8) is 0 Å². The zero-order valence-electron chi connectivity index (χ0n) is 10.3. The fourth-order valence-electron chi connectivity index (χ4n) is 2.13. The molecule has 0 unspecified atom stereocenters. The van der Waals surface area contributed by atoms with Gasteiger partial charge in [0.25, 0.3) is 0 Å². The van der Waals surface area contributed by atoms with Crippen LogP contribution in [-0.2, 0) is 6.42 Å². The van der Waals surface area contributed by atoms with Crippen LogP contribution in [-0.4, -0.2) is 10.1 Å². The predicted octanol–water partition coefficient (Wildman–Crippen LogP) is 3.95. The Balaban J connectivity index is 0.00000133. The summed E-state index contributed by atoms with van der Waals surface area (Å²) in [7, 11) is 0. The lowest BCUT2D eigenvalue weighted by Crippen LogP contribution is -1.93. The highest BCUT2D eigenvalue weighted by Crippen LogP contribution is 2.20. The minimum absolute atomic E-state index is 0. The Morgan fingerprint density at radius 2 is 1.63 bits per heavy atom. The first kappa shape index (κ1) is 13.4. The maximum atomic E-state index is 9.28. The van der Waals surface area contributed by atoms with Crippen molar-refractivity contribution in [2.24, 2.45) is 0 Å². The molecule has 1 aromatic heterocycles. The lowest BCUT2D eigenvalue weighted by molar-refractivity contribution is 0.475. The van der Waals surface area contributed by atoms with Gasteiger partial charge in [0.1, 0.15) is 5.75 Å². The van der Waals surface area contributed by atoms with Gasteiger partial charge in [-0.3, -0.25) is 4.98 Å². The Kier molecular flexibility index (Phi) is 4.03. The number of hydrogen-bond acceptors (Lipinski definition) is 2. The van der Waals surface area contributed by atoms with Crippen molar-refractivity contribution in [3.05, 3.63) is 72.1 Å². The van der Waals surface area contributed by atoms with E-state index in [0.29, 0.717) is 5.75 Å². The molecule has 1 N–H and O–H groups in total. The van der Waals surface area contributed by atoms with Crippen LogP contribution in [0.5, 0.6) is 5.75 Å². The summed E-state index contributed by atoms with van der Waals surface area (Å²) in [4.78, 5) is 4.46. The highest BCUT2D eigenvalue weighted by molar-refractivity contribution is 5.85. The summed E-state index contributed by atoms with van der Waals surface area (Å²) in [6.07, 6.45) is 2.62. The largest absolute Gasteiger partial charge is 0.508 e. The first-order valence-electron chi connectivity index (χ1n) is 5.93. The Labute approximate surface area is 118 Å². The van der Waals surface area contributed by atoms with Gasteiger partial charge in [0.15, 0.2) is 0 Å². The molecule has 0 bridgehead atoms. The molecular formula is C16H14ClNO. The molecule has 0 aliphatic carbocycles. The van der Waals surface area contributed by atoms with Gasteiger partial charge in [0.2, 0.25) is 0 Å². The average Bonchev–Trinajstić information content (AvgIpc) is 2.42. The molecule has 2 aromatic carbocycles. The smallest absolute Gasteiger partial charge is 0.115 e. The van der Waals surface area contributed by atoms with Gasteiger partial charge in [-0.05, 0) is 29.1 Å². The zero-order valence-corrected chi connectivity index (χ0v) is 11.1. The van der Waals surface area contributed by atoms with Crippen LogP contribution in [0.3, 0.4) is 0 Å². The Hall–Kier alpha value is -2.06. The predicted molar refractivity (Wildman–Crippen MR) is 79.9 cm³/mol.